The summed E-state index contributed by atoms with van der Waals surface area (Å²) in [5.74, 6) is -0.888. The van der Waals surface area contributed by atoms with E-state index in [0.29, 0.717) is 30.3 Å². The van der Waals surface area contributed by atoms with Crippen LogP contribution in [-0.4, -0.2) is 74.9 Å². The summed E-state index contributed by atoms with van der Waals surface area (Å²) in [6.45, 7) is 4.10. The van der Waals surface area contributed by atoms with E-state index in [1.807, 2.05) is 27.2 Å². The molecule has 0 heterocycles. The van der Waals surface area contributed by atoms with Crippen molar-refractivity contribution in [3.63, 3.8) is 0 Å². The van der Waals surface area contributed by atoms with Gasteiger partial charge in [0.15, 0.2) is 6.10 Å². The third-order valence-electron chi connectivity index (χ3n) is 12.4. The number of likely N-dealkylation sites (N-methyl/N-ethyl adjacent to an activating group) is 1. The van der Waals surface area contributed by atoms with E-state index in [0.717, 1.165) is 122 Å². The lowest BCUT2D eigenvalue weighted by molar-refractivity contribution is -0.870. The Bertz CT molecular complexity index is 2030. The number of unbranched alkanes of at least 4 members (excludes halogenated alkanes) is 11. The number of carbonyl (C=O) groups is 2. The van der Waals surface area contributed by atoms with Crippen molar-refractivity contribution in [2.45, 2.75) is 213 Å². The summed E-state index contributed by atoms with van der Waals surface area (Å²) >= 11 is 0. The van der Waals surface area contributed by atoms with Crippen LogP contribution in [0.3, 0.4) is 0 Å². The maximum atomic E-state index is 12.8. The van der Waals surface area contributed by atoms with Crippen molar-refractivity contribution >= 4 is 19.8 Å². The standard InChI is InChI=1S/C72H114NO8P/c1-6-8-10-12-14-16-18-20-22-24-26-28-30-32-34-36-38-40-42-44-46-48-50-52-54-56-58-60-62-64-71(74)78-68-70(69-80-82(76,77)79-67-66-73(3,4)5)81-72(75)65-63-61-59-57-55-53-51-49-47-45-43-41-39-37-35-33-31-29-27-25-23-21-19-17-15-13-11-9-7-2/h8-11,14-17,20-23,26-29,32-35,38-41,45,47,51,53,57,59,70H,6-7,12-13,18-19,24-25,30-31,36-37,42-44,46,48-50,52,54-56,58,60-69H2,1-5H3/p+1/b10-8-,11-9-,16-14-,17-15-,22-20-,23-21-,28-26-,29-27-,34-32-,35-33-,40-38-,41-39-,47-45-,53-51-,59-57-. The highest BCUT2D eigenvalue weighted by molar-refractivity contribution is 7.47. The molecule has 0 fully saturated rings. The fourth-order valence-electron chi connectivity index (χ4n) is 7.67. The van der Waals surface area contributed by atoms with Crippen molar-refractivity contribution in [3.8, 4) is 0 Å². The molecule has 0 saturated carbocycles. The number of ether oxygens (including phenoxy) is 2. The van der Waals surface area contributed by atoms with E-state index < -0.39 is 32.5 Å². The van der Waals surface area contributed by atoms with Crippen LogP contribution in [0.25, 0.3) is 0 Å². The lowest BCUT2D eigenvalue weighted by Gasteiger charge is -2.24. The second-order valence-corrected chi connectivity index (χ2v) is 22.8. The molecule has 0 saturated heterocycles. The molecule has 9 nitrogen and oxygen atoms in total. The summed E-state index contributed by atoms with van der Waals surface area (Å²) in [6, 6.07) is 0. The van der Waals surface area contributed by atoms with E-state index in [4.69, 9.17) is 18.5 Å². The first-order valence-electron chi connectivity index (χ1n) is 31.5. The van der Waals surface area contributed by atoms with Crippen LogP contribution in [-0.2, 0) is 32.7 Å². The van der Waals surface area contributed by atoms with Crippen LogP contribution >= 0.6 is 7.82 Å². The summed E-state index contributed by atoms with van der Waals surface area (Å²) in [5, 5.41) is 0. The molecule has 0 aliphatic heterocycles. The van der Waals surface area contributed by atoms with E-state index in [-0.39, 0.29) is 26.1 Å². The highest BCUT2D eigenvalue weighted by Gasteiger charge is 2.27. The molecule has 460 valence electrons. The fraction of sp³-hybridized carbons (Fsp3) is 0.556. The molecule has 0 aromatic rings. The zero-order chi connectivity index (χ0) is 59.8. The van der Waals surface area contributed by atoms with Crippen LogP contribution in [0.5, 0.6) is 0 Å². The Labute approximate surface area is 501 Å². The van der Waals surface area contributed by atoms with Gasteiger partial charge >= 0.3 is 19.8 Å². The Hall–Kier alpha value is -4.89. The summed E-state index contributed by atoms with van der Waals surface area (Å²) in [6.07, 6.45) is 94.0. The zero-order valence-electron chi connectivity index (χ0n) is 52.1. The van der Waals surface area contributed by atoms with Crippen LogP contribution < -0.4 is 0 Å². The quantitative estimate of drug-likeness (QED) is 0.0211. The Morgan fingerprint density at radius 2 is 0.671 bits per heavy atom. The number of phosphoric acid groups is 1. The second kappa shape index (κ2) is 60.7. The van der Waals surface area contributed by atoms with Crippen molar-refractivity contribution in [2.24, 2.45) is 0 Å². The number of hydrogen-bond acceptors (Lipinski definition) is 7. The highest BCUT2D eigenvalue weighted by Crippen LogP contribution is 2.43. The van der Waals surface area contributed by atoms with Gasteiger partial charge in [-0.3, -0.25) is 18.6 Å². The molecular weight excluding hydrogens is 1040 g/mol. The largest absolute Gasteiger partial charge is 0.472 e. The molecule has 0 radical (unpaired) electrons. The molecule has 0 aromatic carbocycles. The first-order valence-corrected chi connectivity index (χ1v) is 33.0. The van der Waals surface area contributed by atoms with Gasteiger partial charge in [-0.05, 0) is 128 Å². The van der Waals surface area contributed by atoms with Crippen molar-refractivity contribution in [2.75, 3.05) is 47.5 Å². The zero-order valence-corrected chi connectivity index (χ0v) is 53.0. The van der Waals surface area contributed by atoms with Gasteiger partial charge in [0.25, 0.3) is 0 Å². The smallest absolute Gasteiger partial charge is 0.462 e. The fourth-order valence-corrected chi connectivity index (χ4v) is 8.41. The van der Waals surface area contributed by atoms with E-state index in [9.17, 15) is 19.0 Å². The van der Waals surface area contributed by atoms with Crippen molar-refractivity contribution in [1.29, 1.82) is 0 Å². The summed E-state index contributed by atoms with van der Waals surface area (Å²) in [7, 11) is 1.41. The minimum atomic E-state index is -4.42. The number of hydrogen-bond donors (Lipinski definition) is 1. The maximum absolute atomic E-state index is 12.8. The molecule has 82 heavy (non-hydrogen) atoms. The van der Waals surface area contributed by atoms with Gasteiger partial charge in [0.2, 0.25) is 0 Å². The lowest BCUT2D eigenvalue weighted by Crippen LogP contribution is -2.37. The van der Waals surface area contributed by atoms with Gasteiger partial charge in [-0.2, -0.15) is 0 Å². The maximum Gasteiger partial charge on any atom is 0.472 e. The average molecular weight is 1150 g/mol. The Morgan fingerprint density at radius 1 is 0.378 bits per heavy atom. The summed E-state index contributed by atoms with van der Waals surface area (Å²) < 4.78 is 34.5. The summed E-state index contributed by atoms with van der Waals surface area (Å²) in [5.41, 5.74) is 0. The Kier molecular flexibility index (Phi) is 57.1. The summed E-state index contributed by atoms with van der Waals surface area (Å²) in [4.78, 5) is 35.8. The lowest BCUT2D eigenvalue weighted by atomic mass is 10.1. The average Bonchev–Trinajstić information content (AvgIpc) is 3.45. The molecule has 1 N–H and O–H groups in total. The van der Waals surface area contributed by atoms with Gasteiger partial charge in [0, 0.05) is 12.8 Å². The third kappa shape index (κ3) is 64.3. The van der Waals surface area contributed by atoms with Crippen molar-refractivity contribution < 1.29 is 42.1 Å². The minimum Gasteiger partial charge on any atom is -0.462 e. The molecular formula is C72H115NO8P+. The van der Waals surface area contributed by atoms with Crippen molar-refractivity contribution in [1.82, 2.24) is 0 Å². The number of rotatable bonds is 55. The van der Waals surface area contributed by atoms with E-state index >= 15 is 0 Å². The SMILES string of the molecule is CC/C=C\C/C=C\C/C=C\C/C=C\C/C=C\C/C=C\C/C=C\C/C=C\C/C=C\CCCC(=O)OC(COC(=O)CCCCCCCCCCCC/C=C\C/C=C\C/C=C\C/C=C\C/C=C\C/C=C\CC)COP(=O)(O)OCC[N+](C)(C)C. The van der Waals surface area contributed by atoms with Gasteiger partial charge in [0.1, 0.15) is 19.8 Å². The van der Waals surface area contributed by atoms with Crippen LogP contribution in [0.2, 0.25) is 0 Å². The molecule has 0 amide bonds. The van der Waals surface area contributed by atoms with Gasteiger partial charge in [0.05, 0.1) is 27.7 Å². The predicted molar refractivity (Wildman–Crippen MR) is 352 cm³/mol. The molecule has 0 rings (SSSR count). The molecule has 2 unspecified atom stereocenters. The highest BCUT2D eigenvalue weighted by atomic mass is 31.2. The van der Waals surface area contributed by atoms with Gasteiger partial charge < -0.3 is 18.9 Å². The van der Waals surface area contributed by atoms with Gasteiger partial charge in [-0.1, -0.05) is 247 Å². The first-order chi connectivity index (χ1) is 40.0. The van der Waals surface area contributed by atoms with Crippen LogP contribution in [0, 0.1) is 0 Å². The molecule has 0 aliphatic carbocycles. The van der Waals surface area contributed by atoms with Crippen molar-refractivity contribution in [3.05, 3.63) is 182 Å². The monoisotopic (exact) mass is 1150 g/mol. The topological polar surface area (TPSA) is 108 Å². The number of allylic oxidation sites excluding steroid dienone is 30. The normalized spacial score (nSPS) is 14.5. The third-order valence-corrected chi connectivity index (χ3v) is 13.4. The van der Waals surface area contributed by atoms with Crippen LogP contribution in [0.15, 0.2) is 182 Å². The molecule has 2 atom stereocenters. The predicted octanol–water partition coefficient (Wildman–Crippen LogP) is 20.4. The number of quaternary nitrogens is 1. The second-order valence-electron chi connectivity index (χ2n) is 21.3. The minimum absolute atomic E-state index is 0.00905. The van der Waals surface area contributed by atoms with E-state index in [1.54, 1.807) is 0 Å². The first kappa shape index (κ1) is 77.1. The molecule has 0 bridgehead atoms. The van der Waals surface area contributed by atoms with E-state index in [2.05, 4.69) is 190 Å². The number of esters is 2. The molecule has 0 aromatic heterocycles. The number of nitrogens with zero attached hydrogens (tertiary/aromatic N) is 1. The molecule has 0 spiro atoms. The van der Waals surface area contributed by atoms with Crippen LogP contribution in [0.4, 0.5) is 0 Å². The Balaban J connectivity index is 4.30. The van der Waals surface area contributed by atoms with E-state index in [1.165, 1.54) is 38.5 Å². The number of carbonyl (C=O) groups excluding carboxylic acids is 2. The van der Waals surface area contributed by atoms with Crippen LogP contribution in [0.1, 0.15) is 206 Å². The van der Waals surface area contributed by atoms with Gasteiger partial charge in [-0.25, -0.2) is 4.57 Å². The molecule has 10 heteroatoms. The van der Waals surface area contributed by atoms with Gasteiger partial charge in [-0.15, -0.1) is 0 Å². The Morgan fingerprint density at radius 3 is 1.01 bits per heavy atom. The number of phosphoric ester groups is 1. The molecule has 0 aliphatic rings.